The second-order valence-corrected chi connectivity index (χ2v) is 4.62. The van der Waals surface area contributed by atoms with Crippen molar-refractivity contribution in [3.8, 4) is 11.3 Å². The molecule has 0 amide bonds. The molecule has 1 heterocycles. The first-order valence-electron chi connectivity index (χ1n) is 6.70. The van der Waals surface area contributed by atoms with Crippen LogP contribution in [0.2, 0.25) is 0 Å². The molecule has 0 saturated heterocycles. The van der Waals surface area contributed by atoms with Gasteiger partial charge >= 0.3 is 0 Å². The summed E-state index contributed by atoms with van der Waals surface area (Å²) >= 11 is 0. The highest BCUT2D eigenvalue weighted by atomic mass is 19.1. The van der Waals surface area contributed by atoms with Gasteiger partial charge in [-0.3, -0.25) is 0 Å². The molecule has 6 heteroatoms. The summed E-state index contributed by atoms with van der Waals surface area (Å²) in [6, 6.07) is 6.42. The molecule has 22 heavy (non-hydrogen) atoms. The minimum atomic E-state index is -0.385. The van der Waals surface area contributed by atoms with Gasteiger partial charge in [-0.15, -0.1) is 10.2 Å². The van der Waals surface area contributed by atoms with Crippen molar-refractivity contribution in [2.24, 2.45) is 0 Å². The molecule has 0 fully saturated rings. The Kier molecular flexibility index (Phi) is 4.73. The third kappa shape index (κ3) is 3.41. The van der Waals surface area contributed by atoms with Crippen LogP contribution in [0.4, 0.5) is 15.9 Å². The van der Waals surface area contributed by atoms with Gasteiger partial charge in [-0.1, -0.05) is 6.58 Å². The second-order valence-electron chi connectivity index (χ2n) is 4.62. The first-order chi connectivity index (χ1) is 10.5. The molecule has 0 atom stereocenters. The van der Waals surface area contributed by atoms with E-state index < -0.39 is 0 Å². The van der Waals surface area contributed by atoms with Gasteiger partial charge in [0.05, 0.1) is 5.69 Å². The first kappa shape index (κ1) is 15.5. The van der Waals surface area contributed by atoms with Gasteiger partial charge in [0, 0.05) is 36.6 Å². The summed E-state index contributed by atoms with van der Waals surface area (Å²) < 4.78 is 14.2. The van der Waals surface area contributed by atoms with E-state index in [1.165, 1.54) is 6.07 Å². The molecule has 0 aliphatic heterocycles. The van der Waals surface area contributed by atoms with Gasteiger partial charge in [0.15, 0.2) is 0 Å². The number of anilines is 2. The van der Waals surface area contributed by atoms with Crippen LogP contribution >= 0.6 is 0 Å². The molecular formula is C16H18FN5. The number of rotatable bonds is 5. The number of allylic oxidation sites excluding steroid dienone is 1. The molecule has 0 unspecified atom stereocenters. The number of halogens is 1. The molecule has 0 spiro atoms. The van der Waals surface area contributed by atoms with E-state index in [1.54, 1.807) is 44.4 Å². The van der Waals surface area contributed by atoms with Crippen LogP contribution in [0, 0.1) is 5.82 Å². The minimum absolute atomic E-state index is 0.385. The Hall–Kier alpha value is -2.89. The number of nitrogen functional groups attached to an aromatic ring is 1. The average molecular weight is 299 g/mol. The van der Waals surface area contributed by atoms with E-state index in [2.05, 4.69) is 27.4 Å². The third-order valence-electron chi connectivity index (χ3n) is 3.15. The van der Waals surface area contributed by atoms with Crippen LogP contribution in [-0.2, 0) is 0 Å². The van der Waals surface area contributed by atoms with E-state index in [9.17, 15) is 4.39 Å². The SMILES string of the molecule is C=C(/C=C/c1cc(N)c(-c2ccc(NC)nn2)cc1F)NC. The summed E-state index contributed by atoms with van der Waals surface area (Å²) in [4.78, 5) is 0. The molecule has 5 nitrogen and oxygen atoms in total. The number of hydrogen-bond acceptors (Lipinski definition) is 5. The van der Waals surface area contributed by atoms with Crippen LogP contribution in [0.1, 0.15) is 5.56 Å². The van der Waals surface area contributed by atoms with E-state index in [0.717, 1.165) is 0 Å². The zero-order chi connectivity index (χ0) is 16.1. The number of aromatic nitrogens is 2. The molecule has 1 aromatic carbocycles. The molecule has 4 N–H and O–H groups in total. The van der Waals surface area contributed by atoms with Crippen LogP contribution < -0.4 is 16.4 Å². The van der Waals surface area contributed by atoms with Crippen molar-refractivity contribution in [1.29, 1.82) is 0 Å². The standard InChI is InChI=1S/C16H18FN5/c1-10(19-2)4-5-11-8-14(18)12(9-13(11)17)15-6-7-16(20-3)22-21-15/h4-9,19H,1,18H2,2-3H3,(H,20,22)/b5-4+. The maximum atomic E-state index is 14.2. The molecule has 0 aliphatic rings. The van der Waals surface area contributed by atoms with E-state index in [-0.39, 0.29) is 5.82 Å². The van der Waals surface area contributed by atoms with Crippen molar-refractivity contribution >= 4 is 17.6 Å². The summed E-state index contributed by atoms with van der Waals surface area (Å²) in [5.74, 6) is 0.247. The third-order valence-corrected chi connectivity index (χ3v) is 3.15. The van der Waals surface area contributed by atoms with E-state index in [1.807, 2.05) is 0 Å². The van der Waals surface area contributed by atoms with Crippen molar-refractivity contribution in [3.63, 3.8) is 0 Å². The van der Waals surface area contributed by atoms with Crippen molar-refractivity contribution in [2.75, 3.05) is 25.1 Å². The molecule has 2 rings (SSSR count). The summed E-state index contributed by atoms with van der Waals surface area (Å²) in [7, 11) is 3.49. The fourth-order valence-corrected chi connectivity index (χ4v) is 1.84. The molecule has 0 aliphatic carbocycles. The van der Waals surface area contributed by atoms with E-state index in [0.29, 0.717) is 34.0 Å². The molecular weight excluding hydrogens is 281 g/mol. The predicted molar refractivity (Wildman–Crippen MR) is 88.6 cm³/mol. The highest BCUT2D eigenvalue weighted by molar-refractivity contribution is 5.76. The lowest BCUT2D eigenvalue weighted by Gasteiger charge is -2.08. The van der Waals surface area contributed by atoms with Gasteiger partial charge in [-0.25, -0.2) is 4.39 Å². The zero-order valence-electron chi connectivity index (χ0n) is 12.5. The van der Waals surface area contributed by atoms with Gasteiger partial charge in [0.1, 0.15) is 11.6 Å². The van der Waals surface area contributed by atoms with Crippen molar-refractivity contribution in [3.05, 3.63) is 54.0 Å². The molecule has 0 bridgehead atoms. The molecule has 1 aromatic heterocycles. The first-order valence-corrected chi connectivity index (χ1v) is 6.70. The Morgan fingerprint density at radius 1 is 1.27 bits per heavy atom. The Bertz CT molecular complexity index is 707. The lowest BCUT2D eigenvalue weighted by Crippen LogP contribution is -2.01. The molecule has 114 valence electrons. The quantitative estimate of drug-likeness (QED) is 0.584. The largest absolute Gasteiger partial charge is 0.398 e. The van der Waals surface area contributed by atoms with Crippen molar-refractivity contribution in [1.82, 2.24) is 15.5 Å². The molecule has 0 saturated carbocycles. The second kappa shape index (κ2) is 6.71. The fraction of sp³-hybridized carbons (Fsp3) is 0.125. The van der Waals surface area contributed by atoms with Crippen LogP contribution in [0.3, 0.4) is 0 Å². The molecule has 2 aromatic rings. The maximum Gasteiger partial charge on any atom is 0.148 e. The van der Waals surface area contributed by atoms with Crippen molar-refractivity contribution < 1.29 is 4.39 Å². The van der Waals surface area contributed by atoms with Crippen LogP contribution in [-0.4, -0.2) is 24.3 Å². The number of nitrogens with two attached hydrogens (primary N) is 1. The Morgan fingerprint density at radius 2 is 2.05 bits per heavy atom. The van der Waals surface area contributed by atoms with Gasteiger partial charge in [-0.2, -0.15) is 0 Å². The highest BCUT2D eigenvalue weighted by Gasteiger charge is 2.10. The maximum absolute atomic E-state index is 14.2. The Morgan fingerprint density at radius 3 is 2.64 bits per heavy atom. The van der Waals surface area contributed by atoms with Crippen LogP contribution in [0.15, 0.2) is 42.6 Å². The normalized spacial score (nSPS) is 10.7. The van der Waals surface area contributed by atoms with Crippen LogP contribution in [0.5, 0.6) is 0 Å². The number of hydrogen-bond donors (Lipinski definition) is 3. The molecule has 0 radical (unpaired) electrons. The predicted octanol–water partition coefficient (Wildman–Crippen LogP) is 2.65. The number of benzene rings is 1. The average Bonchev–Trinajstić information content (AvgIpc) is 2.55. The number of nitrogens with one attached hydrogen (secondary N) is 2. The van der Waals surface area contributed by atoms with Gasteiger partial charge in [0.25, 0.3) is 0 Å². The lowest BCUT2D eigenvalue weighted by atomic mass is 10.0. The van der Waals surface area contributed by atoms with Crippen LogP contribution in [0.25, 0.3) is 17.3 Å². The minimum Gasteiger partial charge on any atom is -0.398 e. The van der Waals surface area contributed by atoms with Crippen molar-refractivity contribution in [2.45, 2.75) is 0 Å². The fourth-order valence-electron chi connectivity index (χ4n) is 1.84. The Labute approximate surface area is 128 Å². The van der Waals surface area contributed by atoms with Gasteiger partial charge in [-0.05, 0) is 36.4 Å². The summed E-state index contributed by atoms with van der Waals surface area (Å²) in [6.07, 6.45) is 3.29. The van der Waals surface area contributed by atoms with E-state index >= 15 is 0 Å². The van der Waals surface area contributed by atoms with E-state index in [4.69, 9.17) is 5.73 Å². The highest BCUT2D eigenvalue weighted by Crippen LogP contribution is 2.28. The van der Waals surface area contributed by atoms with Gasteiger partial charge < -0.3 is 16.4 Å². The Balaban J connectivity index is 2.36. The monoisotopic (exact) mass is 299 g/mol. The van der Waals surface area contributed by atoms with Gasteiger partial charge in [0.2, 0.25) is 0 Å². The lowest BCUT2D eigenvalue weighted by molar-refractivity contribution is 0.625. The smallest absolute Gasteiger partial charge is 0.148 e. The summed E-state index contributed by atoms with van der Waals surface area (Å²) in [5, 5.41) is 13.7. The summed E-state index contributed by atoms with van der Waals surface area (Å²) in [6.45, 7) is 3.75. The number of nitrogens with zero attached hydrogens (tertiary/aromatic N) is 2. The number of likely N-dealkylation sites (N-methyl/N-ethyl adjacent to an activating group) is 1. The topological polar surface area (TPSA) is 75.9 Å². The zero-order valence-corrected chi connectivity index (χ0v) is 12.5. The summed E-state index contributed by atoms with van der Waals surface area (Å²) in [5.41, 5.74) is 8.54.